The third-order valence-electron chi connectivity index (χ3n) is 4.40. The van der Waals surface area contributed by atoms with E-state index in [2.05, 4.69) is 20.2 Å². The van der Waals surface area contributed by atoms with Gasteiger partial charge in [-0.25, -0.2) is 4.98 Å². The van der Waals surface area contributed by atoms with Crippen molar-refractivity contribution in [1.29, 1.82) is 0 Å². The Morgan fingerprint density at radius 2 is 1.85 bits per heavy atom. The summed E-state index contributed by atoms with van der Waals surface area (Å²) in [5.74, 6) is 2.37. The number of carbonyl (C=O) groups excluding carboxylic acids is 1. The number of nitrogens with one attached hydrogen (secondary N) is 1. The molecule has 7 nitrogen and oxygen atoms in total. The largest absolute Gasteiger partial charge is 0.497 e. The van der Waals surface area contributed by atoms with Crippen LogP contribution >= 0.6 is 0 Å². The lowest BCUT2D eigenvalue weighted by Crippen LogP contribution is -2.49. The molecule has 1 aliphatic heterocycles. The highest BCUT2D eigenvalue weighted by Crippen LogP contribution is 2.19. The summed E-state index contributed by atoms with van der Waals surface area (Å²) in [5, 5.41) is 3.16. The van der Waals surface area contributed by atoms with Gasteiger partial charge in [0.25, 0.3) is 5.91 Å². The van der Waals surface area contributed by atoms with Gasteiger partial charge in [0.15, 0.2) is 0 Å². The first-order valence-electron chi connectivity index (χ1n) is 8.88. The molecule has 2 heterocycles. The van der Waals surface area contributed by atoms with Crippen molar-refractivity contribution in [2.24, 2.45) is 0 Å². The number of aromatic nitrogens is 2. The minimum atomic E-state index is 0.0551. The lowest BCUT2D eigenvalue weighted by molar-refractivity contribution is 0.0746. The van der Waals surface area contributed by atoms with Crippen LogP contribution in [0.15, 0.2) is 30.3 Å². The second kappa shape index (κ2) is 8.03. The summed E-state index contributed by atoms with van der Waals surface area (Å²) in [5.41, 5.74) is 1.62. The smallest absolute Gasteiger partial charge is 0.253 e. The highest BCUT2D eigenvalue weighted by Gasteiger charge is 2.23. The Labute approximate surface area is 154 Å². The van der Waals surface area contributed by atoms with E-state index >= 15 is 0 Å². The Morgan fingerprint density at radius 1 is 1.15 bits per heavy atom. The predicted molar refractivity (Wildman–Crippen MR) is 102 cm³/mol. The van der Waals surface area contributed by atoms with Crippen LogP contribution in [0, 0.1) is 6.92 Å². The standard InChI is InChI=1S/C19H25N5O2/c1-4-20-19-21-14(2)13-17(22-19)23-9-11-24(12-10-23)18(25)15-5-7-16(26-3)8-6-15/h5-8,13H,4,9-12H2,1-3H3,(H,20,21,22). The zero-order chi connectivity index (χ0) is 18.5. The molecule has 2 aromatic rings. The fraction of sp³-hybridized carbons (Fsp3) is 0.421. The third kappa shape index (κ3) is 4.04. The number of rotatable bonds is 5. The quantitative estimate of drug-likeness (QED) is 0.887. The summed E-state index contributed by atoms with van der Waals surface area (Å²) < 4.78 is 5.15. The Kier molecular flexibility index (Phi) is 5.55. The van der Waals surface area contributed by atoms with Gasteiger partial charge in [-0.15, -0.1) is 0 Å². The van der Waals surface area contributed by atoms with Crippen molar-refractivity contribution in [2.75, 3.05) is 50.1 Å². The third-order valence-corrected chi connectivity index (χ3v) is 4.40. The van der Waals surface area contributed by atoms with Crippen molar-refractivity contribution in [3.63, 3.8) is 0 Å². The lowest BCUT2D eigenvalue weighted by atomic mass is 10.1. The number of ether oxygens (including phenoxy) is 1. The molecular formula is C19H25N5O2. The van der Waals surface area contributed by atoms with Gasteiger partial charge in [-0.3, -0.25) is 4.79 Å². The molecule has 1 aliphatic rings. The summed E-state index contributed by atoms with van der Waals surface area (Å²) in [6, 6.07) is 9.24. The van der Waals surface area contributed by atoms with Crippen molar-refractivity contribution in [3.8, 4) is 5.75 Å². The van der Waals surface area contributed by atoms with Crippen molar-refractivity contribution in [2.45, 2.75) is 13.8 Å². The molecule has 1 fully saturated rings. The van der Waals surface area contributed by atoms with E-state index in [4.69, 9.17) is 4.74 Å². The minimum Gasteiger partial charge on any atom is -0.497 e. The minimum absolute atomic E-state index is 0.0551. The lowest BCUT2D eigenvalue weighted by Gasteiger charge is -2.35. The molecule has 1 aromatic carbocycles. The number of piperazine rings is 1. The van der Waals surface area contributed by atoms with Crippen LogP contribution in [0.4, 0.5) is 11.8 Å². The topological polar surface area (TPSA) is 70.6 Å². The molecule has 0 radical (unpaired) electrons. The molecule has 0 unspecified atom stereocenters. The molecule has 0 saturated carbocycles. The van der Waals surface area contributed by atoms with Gasteiger partial charge in [-0.05, 0) is 38.1 Å². The van der Waals surface area contributed by atoms with Crippen LogP contribution in [0.2, 0.25) is 0 Å². The van der Waals surface area contributed by atoms with Crippen LogP contribution in [0.5, 0.6) is 5.75 Å². The number of aryl methyl sites for hydroxylation is 1. The van der Waals surface area contributed by atoms with Crippen LogP contribution < -0.4 is 15.0 Å². The van der Waals surface area contributed by atoms with Crippen LogP contribution in [0.25, 0.3) is 0 Å². The molecule has 138 valence electrons. The van der Waals surface area contributed by atoms with E-state index in [1.165, 1.54) is 0 Å². The molecule has 3 rings (SSSR count). The predicted octanol–water partition coefficient (Wildman–Crippen LogP) is 2.19. The van der Waals surface area contributed by atoms with Crippen molar-refractivity contribution in [1.82, 2.24) is 14.9 Å². The molecule has 1 N–H and O–H groups in total. The van der Waals surface area contributed by atoms with E-state index in [0.29, 0.717) is 24.6 Å². The molecule has 26 heavy (non-hydrogen) atoms. The Hall–Kier alpha value is -2.83. The van der Waals surface area contributed by atoms with E-state index in [-0.39, 0.29) is 5.91 Å². The first-order chi connectivity index (χ1) is 12.6. The SMILES string of the molecule is CCNc1nc(C)cc(N2CCN(C(=O)c3ccc(OC)cc3)CC2)n1. The zero-order valence-corrected chi connectivity index (χ0v) is 15.5. The van der Waals surface area contributed by atoms with E-state index in [0.717, 1.165) is 36.9 Å². The van der Waals surface area contributed by atoms with Gasteiger partial charge in [0.05, 0.1) is 7.11 Å². The van der Waals surface area contributed by atoms with Gasteiger partial charge in [0.1, 0.15) is 11.6 Å². The number of anilines is 2. The first kappa shape index (κ1) is 18.0. The van der Waals surface area contributed by atoms with Crippen molar-refractivity contribution >= 4 is 17.7 Å². The van der Waals surface area contributed by atoms with E-state index in [1.54, 1.807) is 7.11 Å². The molecular weight excluding hydrogens is 330 g/mol. The average molecular weight is 355 g/mol. The summed E-state index contributed by atoms with van der Waals surface area (Å²) in [6.45, 7) is 7.63. The number of hydrogen-bond donors (Lipinski definition) is 1. The van der Waals surface area contributed by atoms with Crippen LogP contribution in [-0.4, -0.2) is 60.6 Å². The van der Waals surface area contributed by atoms with Gasteiger partial charge in [-0.2, -0.15) is 4.98 Å². The Bertz CT molecular complexity index is 755. The molecule has 0 atom stereocenters. The summed E-state index contributed by atoms with van der Waals surface area (Å²) in [4.78, 5) is 25.7. The maximum atomic E-state index is 12.7. The van der Waals surface area contributed by atoms with Crippen LogP contribution in [0.1, 0.15) is 23.0 Å². The van der Waals surface area contributed by atoms with E-state index in [9.17, 15) is 4.79 Å². The van der Waals surface area contributed by atoms with Gasteiger partial charge >= 0.3 is 0 Å². The van der Waals surface area contributed by atoms with Gasteiger partial charge in [-0.1, -0.05) is 0 Å². The number of methoxy groups -OCH3 is 1. The second-order valence-electron chi connectivity index (χ2n) is 6.23. The van der Waals surface area contributed by atoms with Crippen LogP contribution in [0.3, 0.4) is 0 Å². The fourth-order valence-electron chi connectivity index (χ4n) is 3.01. The van der Waals surface area contributed by atoms with Gasteiger partial charge in [0, 0.05) is 50.0 Å². The zero-order valence-electron chi connectivity index (χ0n) is 15.5. The Morgan fingerprint density at radius 3 is 2.46 bits per heavy atom. The number of carbonyl (C=O) groups is 1. The summed E-state index contributed by atoms with van der Waals surface area (Å²) in [6.07, 6.45) is 0. The highest BCUT2D eigenvalue weighted by atomic mass is 16.5. The molecule has 1 amide bonds. The van der Waals surface area contributed by atoms with E-state index in [1.807, 2.05) is 49.1 Å². The summed E-state index contributed by atoms with van der Waals surface area (Å²) in [7, 11) is 1.62. The molecule has 0 spiro atoms. The number of nitrogens with zero attached hydrogens (tertiary/aromatic N) is 4. The van der Waals surface area contributed by atoms with Gasteiger partial charge < -0.3 is 19.9 Å². The molecule has 0 aliphatic carbocycles. The fourth-order valence-corrected chi connectivity index (χ4v) is 3.01. The molecule has 0 bridgehead atoms. The first-order valence-corrected chi connectivity index (χ1v) is 8.88. The van der Waals surface area contributed by atoms with Gasteiger partial charge in [0.2, 0.25) is 5.95 Å². The van der Waals surface area contributed by atoms with Crippen molar-refractivity contribution in [3.05, 3.63) is 41.6 Å². The number of amides is 1. The molecule has 1 aromatic heterocycles. The molecule has 7 heteroatoms. The number of hydrogen-bond acceptors (Lipinski definition) is 6. The van der Waals surface area contributed by atoms with Crippen LogP contribution in [-0.2, 0) is 0 Å². The second-order valence-corrected chi connectivity index (χ2v) is 6.23. The number of benzene rings is 1. The monoisotopic (exact) mass is 355 g/mol. The van der Waals surface area contributed by atoms with Crippen molar-refractivity contribution < 1.29 is 9.53 Å². The summed E-state index contributed by atoms with van der Waals surface area (Å²) >= 11 is 0. The molecule has 1 saturated heterocycles. The maximum Gasteiger partial charge on any atom is 0.253 e. The normalized spacial score (nSPS) is 14.3. The highest BCUT2D eigenvalue weighted by molar-refractivity contribution is 5.94. The average Bonchev–Trinajstić information content (AvgIpc) is 2.67. The van der Waals surface area contributed by atoms with E-state index < -0.39 is 0 Å². The Balaban J connectivity index is 1.64. The maximum absolute atomic E-state index is 12.7.